The topological polar surface area (TPSA) is 36.4 Å². The summed E-state index contributed by atoms with van der Waals surface area (Å²) in [5.74, 6) is 0. The fourth-order valence-electron chi connectivity index (χ4n) is 1.84. The Bertz CT molecular complexity index is 307. The monoisotopic (exact) mass is 226 g/mol. The summed E-state index contributed by atoms with van der Waals surface area (Å²) in [6.45, 7) is 2.82. The van der Waals surface area contributed by atoms with Gasteiger partial charge in [0.1, 0.15) is 5.15 Å². The van der Waals surface area contributed by atoms with Crippen LogP contribution in [-0.4, -0.2) is 34.2 Å². The summed E-state index contributed by atoms with van der Waals surface area (Å²) < 4.78 is 0. The van der Waals surface area contributed by atoms with Gasteiger partial charge in [-0.1, -0.05) is 17.7 Å². The Hall–Kier alpha value is -0.640. The molecule has 2 rings (SSSR count). The Morgan fingerprint density at radius 3 is 2.73 bits per heavy atom. The largest absolute Gasteiger partial charge is 0.393 e. The van der Waals surface area contributed by atoms with Gasteiger partial charge >= 0.3 is 0 Å². The molecule has 0 aliphatic carbocycles. The fourth-order valence-corrected chi connectivity index (χ4v) is 1.95. The molecule has 0 amide bonds. The van der Waals surface area contributed by atoms with E-state index in [4.69, 9.17) is 11.6 Å². The first-order chi connectivity index (χ1) is 7.24. The van der Waals surface area contributed by atoms with Gasteiger partial charge < -0.3 is 5.11 Å². The van der Waals surface area contributed by atoms with Crippen molar-refractivity contribution in [1.29, 1.82) is 0 Å². The maximum Gasteiger partial charge on any atom is 0.129 e. The van der Waals surface area contributed by atoms with Crippen molar-refractivity contribution in [3.8, 4) is 0 Å². The van der Waals surface area contributed by atoms with E-state index in [2.05, 4.69) is 9.88 Å². The van der Waals surface area contributed by atoms with Crippen molar-refractivity contribution in [2.45, 2.75) is 25.5 Å². The molecule has 3 nitrogen and oxygen atoms in total. The van der Waals surface area contributed by atoms with Gasteiger partial charge in [-0.05, 0) is 24.5 Å². The number of aliphatic hydroxyl groups is 1. The van der Waals surface area contributed by atoms with Gasteiger partial charge in [0, 0.05) is 25.8 Å². The van der Waals surface area contributed by atoms with E-state index in [0.29, 0.717) is 5.15 Å². The van der Waals surface area contributed by atoms with Crippen LogP contribution < -0.4 is 0 Å². The normalized spacial score (nSPS) is 19.3. The first-order valence-electron chi connectivity index (χ1n) is 5.25. The van der Waals surface area contributed by atoms with Gasteiger partial charge in [0.25, 0.3) is 0 Å². The zero-order valence-electron chi connectivity index (χ0n) is 8.56. The van der Waals surface area contributed by atoms with Crippen LogP contribution in [0.5, 0.6) is 0 Å². The van der Waals surface area contributed by atoms with Crippen LogP contribution in [0.4, 0.5) is 0 Å². The van der Waals surface area contributed by atoms with Gasteiger partial charge in [-0.2, -0.15) is 0 Å². The molecule has 1 N–H and O–H groups in total. The van der Waals surface area contributed by atoms with Crippen LogP contribution in [0.1, 0.15) is 18.4 Å². The van der Waals surface area contributed by atoms with E-state index in [1.54, 1.807) is 0 Å². The summed E-state index contributed by atoms with van der Waals surface area (Å²) in [5, 5.41) is 9.91. The Morgan fingerprint density at radius 2 is 2.13 bits per heavy atom. The van der Waals surface area contributed by atoms with Crippen molar-refractivity contribution in [2.24, 2.45) is 0 Å². The number of aromatic nitrogens is 1. The number of rotatable bonds is 2. The number of piperidine rings is 1. The molecule has 1 saturated heterocycles. The molecule has 0 atom stereocenters. The number of likely N-dealkylation sites (tertiary alicyclic amines) is 1. The summed E-state index contributed by atoms with van der Waals surface area (Å²) in [5.41, 5.74) is 1.18. The average molecular weight is 227 g/mol. The van der Waals surface area contributed by atoms with Gasteiger partial charge in [-0.15, -0.1) is 0 Å². The van der Waals surface area contributed by atoms with E-state index in [1.807, 2.05) is 18.3 Å². The van der Waals surface area contributed by atoms with Gasteiger partial charge in [0.2, 0.25) is 0 Å². The Labute approximate surface area is 94.7 Å². The maximum atomic E-state index is 9.37. The van der Waals surface area contributed by atoms with Crippen molar-refractivity contribution in [3.05, 3.63) is 29.0 Å². The molecule has 0 unspecified atom stereocenters. The third kappa shape index (κ3) is 3.16. The number of aliphatic hydroxyl groups excluding tert-OH is 1. The van der Waals surface area contributed by atoms with E-state index in [0.717, 1.165) is 32.5 Å². The highest BCUT2D eigenvalue weighted by molar-refractivity contribution is 6.29. The lowest BCUT2D eigenvalue weighted by Gasteiger charge is -2.29. The Balaban J connectivity index is 1.89. The highest BCUT2D eigenvalue weighted by atomic mass is 35.5. The first kappa shape index (κ1) is 10.9. The van der Waals surface area contributed by atoms with Crippen LogP contribution in [0.2, 0.25) is 5.15 Å². The molecule has 0 saturated carbocycles. The van der Waals surface area contributed by atoms with E-state index < -0.39 is 0 Å². The summed E-state index contributed by atoms with van der Waals surface area (Å²) in [7, 11) is 0. The van der Waals surface area contributed by atoms with Crippen LogP contribution in [0.15, 0.2) is 18.3 Å². The second-order valence-electron chi connectivity index (χ2n) is 4.00. The molecule has 1 aromatic rings. The number of nitrogens with zero attached hydrogens (tertiary/aromatic N) is 2. The van der Waals surface area contributed by atoms with Crippen LogP contribution in [0.25, 0.3) is 0 Å². The van der Waals surface area contributed by atoms with Crippen LogP contribution in [-0.2, 0) is 6.54 Å². The first-order valence-corrected chi connectivity index (χ1v) is 5.63. The quantitative estimate of drug-likeness (QED) is 0.780. The second kappa shape index (κ2) is 4.92. The molecule has 0 spiro atoms. The van der Waals surface area contributed by atoms with E-state index in [1.165, 1.54) is 5.56 Å². The molecule has 0 aromatic carbocycles. The lowest BCUT2D eigenvalue weighted by Crippen LogP contribution is -2.35. The molecule has 1 fully saturated rings. The summed E-state index contributed by atoms with van der Waals surface area (Å²) >= 11 is 5.72. The molecule has 15 heavy (non-hydrogen) atoms. The highest BCUT2D eigenvalue weighted by Crippen LogP contribution is 2.14. The minimum Gasteiger partial charge on any atom is -0.393 e. The molecule has 1 aliphatic heterocycles. The van der Waals surface area contributed by atoms with Crippen LogP contribution in [0, 0.1) is 0 Å². The fraction of sp³-hybridized carbons (Fsp3) is 0.545. The van der Waals surface area contributed by atoms with Gasteiger partial charge in [0.15, 0.2) is 0 Å². The molecule has 1 aliphatic rings. The summed E-state index contributed by atoms with van der Waals surface area (Å²) in [6, 6.07) is 3.82. The maximum absolute atomic E-state index is 9.37. The standard InChI is InChI=1S/C11H15ClN2O/c12-11-2-1-9(7-13-11)8-14-5-3-10(15)4-6-14/h1-2,7,10,15H,3-6,8H2. The minimum absolute atomic E-state index is 0.107. The average Bonchev–Trinajstić information content (AvgIpc) is 2.25. The third-order valence-corrected chi connectivity index (χ3v) is 2.98. The molecule has 2 heterocycles. The summed E-state index contributed by atoms with van der Waals surface area (Å²) in [4.78, 5) is 6.38. The van der Waals surface area contributed by atoms with Crippen molar-refractivity contribution >= 4 is 11.6 Å². The second-order valence-corrected chi connectivity index (χ2v) is 4.38. The molecular weight excluding hydrogens is 212 g/mol. The SMILES string of the molecule is OC1CCN(Cc2ccc(Cl)nc2)CC1. The van der Waals surface area contributed by atoms with Crippen molar-refractivity contribution in [1.82, 2.24) is 9.88 Å². The minimum atomic E-state index is -0.107. The number of hydrogen-bond acceptors (Lipinski definition) is 3. The molecule has 1 aromatic heterocycles. The smallest absolute Gasteiger partial charge is 0.129 e. The number of halogens is 1. The number of pyridine rings is 1. The third-order valence-electron chi connectivity index (χ3n) is 2.75. The molecular formula is C11H15ClN2O. The molecule has 0 radical (unpaired) electrons. The van der Waals surface area contributed by atoms with Crippen LogP contribution >= 0.6 is 11.6 Å². The predicted molar refractivity (Wildman–Crippen MR) is 59.8 cm³/mol. The zero-order chi connectivity index (χ0) is 10.7. The molecule has 4 heteroatoms. The zero-order valence-corrected chi connectivity index (χ0v) is 9.32. The molecule has 82 valence electrons. The van der Waals surface area contributed by atoms with Gasteiger partial charge in [-0.25, -0.2) is 4.98 Å². The number of hydrogen-bond donors (Lipinski definition) is 1. The lowest BCUT2D eigenvalue weighted by molar-refractivity contribution is 0.0792. The van der Waals surface area contributed by atoms with E-state index in [-0.39, 0.29) is 6.10 Å². The van der Waals surface area contributed by atoms with Gasteiger partial charge in [-0.3, -0.25) is 4.90 Å². The van der Waals surface area contributed by atoms with E-state index in [9.17, 15) is 5.11 Å². The molecule has 0 bridgehead atoms. The lowest BCUT2D eigenvalue weighted by atomic mass is 10.1. The van der Waals surface area contributed by atoms with Crippen molar-refractivity contribution in [3.63, 3.8) is 0 Å². The Kier molecular flexibility index (Phi) is 3.57. The predicted octanol–water partition coefficient (Wildman–Crippen LogP) is 1.69. The Morgan fingerprint density at radius 1 is 1.40 bits per heavy atom. The van der Waals surface area contributed by atoms with Crippen molar-refractivity contribution < 1.29 is 5.11 Å². The van der Waals surface area contributed by atoms with Crippen molar-refractivity contribution in [2.75, 3.05) is 13.1 Å². The van der Waals surface area contributed by atoms with Gasteiger partial charge in [0.05, 0.1) is 6.10 Å². The van der Waals surface area contributed by atoms with E-state index >= 15 is 0 Å². The van der Waals surface area contributed by atoms with Crippen LogP contribution in [0.3, 0.4) is 0 Å². The summed E-state index contributed by atoms with van der Waals surface area (Å²) in [6.07, 6.45) is 3.46. The highest BCUT2D eigenvalue weighted by Gasteiger charge is 2.16.